The number of nitrogens with one attached hydrogen (secondary N) is 1. The van der Waals surface area contributed by atoms with Gasteiger partial charge < -0.3 is 9.84 Å². The fourth-order valence-corrected chi connectivity index (χ4v) is 3.37. The van der Waals surface area contributed by atoms with E-state index >= 15 is 0 Å². The topological polar surface area (TPSA) is 101 Å². The molecule has 0 saturated carbocycles. The average molecular weight is 439 g/mol. The summed E-state index contributed by atoms with van der Waals surface area (Å²) in [5.74, 6) is -0.211. The van der Waals surface area contributed by atoms with E-state index in [0.717, 1.165) is 6.20 Å². The maximum absolute atomic E-state index is 12.2. The third-order valence-electron chi connectivity index (χ3n) is 2.35. The molecule has 10 heteroatoms. The van der Waals surface area contributed by atoms with Crippen molar-refractivity contribution in [1.29, 1.82) is 0 Å². The molecular formula is C11H9Br2N3O4S. The zero-order chi connectivity index (χ0) is 15.6. The van der Waals surface area contributed by atoms with Crippen molar-refractivity contribution in [3.05, 3.63) is 33.5 Å². The summed E-state index contributed by atoms with van der Waals surface area (Å²) in [6.07, 6.45) is 2.50. The van der Waals surface area contributed by atoms with Gasteiger partial charge in [0.05, 0.1) is 17.8 Å². The highest BCUT2D eigenvalue weighted by Gasteiger charge is 2.19. The first kappa shape index (κ1) is 16.0. The van der Waals surface area contributed by atoms with Gasteiger partial charge in [0.25, 0.3) is 10.0 Å². The predicted octanol–water partition coefficient (Wildman–Crippen LogP) is 2.52. The third kappa shape index (κ3) is 3.63. The number of rotatable bonds is 4. The molecule has 0 aliphatic rings. The molecule has 0 aliphatic heterocycles. The van der Waals surface area contributed by atoms with Crippen molar-refractivity contribution >= 4 is 47.7 Å². The number of hydrogen-bond acceptors (Lipinski definition) is 6. The summed E-state index contributed by atoms with van der Waals surface area (Å²) >= 11 is 6.27. The lowest BCUT2D eigenvalue weighted by Gasteiger charge is -2.09. The van der Waals surface area contributed by atoms with Crippen molar-refractivity contribution in [2.75, 3.05) is 11.8 Å². The van der Waals surface area contributed by atoms with Crippen LogP contribution in [0.25, 0.3) is 0 Å². The molecule has 2 N–H and O–H groups in total. The average Bonchev–Trinajstić information content (AvgIpc) is 2.42. The largest absolute Gasteiger partial charge is 0.504 e. The van der Waals surface area contributed by atoms with E-state index in [9.17, 15) is 13.5 Å². The Morgan fingerprint density at radius 3 is 2.52 bits per heavy atom. The van der Waals surface area contributed by atoms with Crippen LogP contribution in [0.5, 0.6) is 11.6 Å². The molecule has 0 fully saturated rings. The van der Waals surface area contributed by atoms with Gasteiger partial charge in [0.2, 0.25) is 5.88 Å². The first-order chi connectivity index (χ1) is 9.83. The molecule has 0 unspecified atom stereocenters. The number of pyridine rings is 2. The van der Waals surface area contributed by atoms with Crippen LogP contribution in [-0.2, 0) is 10.0 Å². The summed E-state index contributed by atoms with van der Waals surface area (Å²) in [7, 11) is -2.51. The maximum Gasteiger partial charge on any atom is 0.264 e. The second kappa shape index (κ2) is 6.16. The minimum atomic E-state index is -3.93. The molecule has 2 aromatic rings. The molecule has 0 saturated heterocycles. The fraction of sp³-hybridized carbons (Fsp3) is 0.0909. The predicted molar refractivity (Wildman–Crippen MR) is 82.9 cm³/mol. The summed E-state index contributed by atoms with van der Waals surface area (Å²) in [6.45, 7) is 0. The second-order valence-electron chi connectivity index (χ2n) is 3.79. The van der Waals surface area contributed by atoms with Crippen LogP contribution in [0.4, 0.5) is 5.82 Å². The SMILES string of the molecule is COc1ncc(S(=O)(=O)Nc2ncc(Br)cc2O)cc1Br. The number of nitrogens with zero attached hydrogens (tertiary/aromatic N) is 2. The minimum Gasteiger partial charge on any atom is -0.504 e. The van der Waals surface area contributed by atoms with E-state index in [1.807, 2.05) is 0 Å². The molecule has 0 atom stereocenters. The van der Waals surface area contributed by atoms with Gasteiger partial charge in [0.15, 0.2) is 11.6 Å². The zero-order valence-electron chi connectivity index (χ0n) is 10.5. The van der Waals surface area contributed by atoms with Gasteiger partial charge in [0, 0.05) is 10.7 Å². The maximum atomic E-state index is 12.2. The molecule has 21 heavy (non-hydrogen) atoms. The highest BCUT2D eigenvalue weighted by atomic mass is 79.9. The summed E-state index contributed by atoms with van der Waals surface area (Å²) < 4.78 is 32.5. The monoisotopic (exact) mass is 437 g/mol. The van der Waals surface area contributed by atoms with Crippen molar-refractivity contribution in [1.82, 2.24) is 9.97 Å². The number of aromatic nitrogens is 2. The minimum absolute atomic E-state index is 0.0979. The van der Waals surface area contributed by atoms with Crippen molar-refractivity contribution in [3.8, 4) is 11.6 Å². The normalized spacial score (nSPS) is 11.2. The summed E-state index contributed by atoms with van der Waals surface area (Å²) in [5.41, 5.74) is 0. The van der Waals surface area contributed by atoms with Gasteiger partial charge in [0.1, 0.15) is 4.90 Å². The first-order valence-electron chi connectivity index (χ1n) is 5.40. The summed E-state index contributed by atoms with van der Waals surface area (Å²) in [5, 5.41) is 9.67. The Bertz CT molecular complexity index is 783. The molecule has 7 nitrogen and oxygen atoms in total. The van der Waals surface area contributed by atoms with Crippen LogP contribution >= 0.6 is 31.9 Å². The molecule has 0 spiro atoms. The third-order valence-corrected chi connectivity index (χ3v) is 4.66. The van der Waals surface area contributed by atoms with Crippen LogP contribution in [0.1, 0.15) is 0 Å². The molecule has 2 heterocycles. The van der Waals surface area contributed by atoms with Crippen LogP contribution in [0.15, 0.2) is 38.4 Å². The number of anilines is 1. The van der Waals surface area contributed by atoms with Gasteiger partial charge in [-0.25, -0.2) is 18.4 Å². The van der Waals surface area contributed by atoms with Crippen LogP contribution in [-0.4, -0.2) is 30.6 Å². The van der Waals surface area contributed by atoms with Crippen molar-refractivity contribution in [2.45, 2.75) is 4.90 Å². The van der Waals surface area contributed by atoms with E-state index in [2.05, 4.69) is 46.5 Å². The Morgan fingerprint density at radius 2 is 1.95 bits per heavy atom. The number of ether oxygens (including phenoxy) is 1. The van der Waals surface area contributed by atoms with Crippen LogP contribution in [0.2, 0.25) is 0 Å². The lowest BCUT2D eigenvalue weighted by Crippen LogP contribution is -2.14. The van der Waals surface area contributed by atoms with E-state index in [4.69, 9.17) is 4.74 Å². The number of halogens is 2. The van der Waals surface area contributed by atoms with Gasteiger partial charge >= 0.3 is 0 Å². The highest BCUT2D eigenvalue weighted by Crippen LogP contribution is 2.28. The Kier molecular flexibility index (Phi) is 4.69. The molecule has 2 aromatic heterocycles. The number of hydrogen-bond donors (Lipinski definition) is 2. The number of sulfonamides is 1. The Balaban J connectivity index is 2.36. The van der Waals surface area contributed by atoms with Gasteiger partial charge in [-0.2, -0.15) is 0 Å². The van der Waals surface area contributed by atoms with E-state index in [-0.39, 0.29) is 22.3 Å². The molecule has 0 aromatic carbocycles. The Labute approximate surface area is 137 Å². The summed E-state index contributed by atoms with van der Waals surface area (Å²) in [4.78, 5) is 7.57. The standard InChI is InChI=1S/C11H9Br2N3O4S/c1-20-11-8(13)3-7(5-15-11)21(18,19)16-10-9(17)2-6(12)4-14-10/h2-5,17H,1H3,(H,14,16). The van der Waals surface area contributed by atoms with Crippen molar-refractivity contribution < 1.29 is 18.3 Å². The molecule has 0 bridgehead atoms. The van der Waals surface area contributed by atoms with Gasteiger partial charge in [-0.1, -0.05) is 0 Å². The van der Waals surface area contributed by atoms with E-state index in [1.165, 1.54) is 25.4 Å². The quantitative estimate of drug-likeness (QED) is 0.760. The molecule has 0 amide bonds. The van der Waals surface area contributed by atoms with Crippen LogP contribution < -0.4 is 9.46 Å². The number of methoxy groups -OCH3 is 1. The van der Waals surface area contributed by atoms with Gasteiger partial charge in [-0.3, -0.25) is 4.72 Å². The van der Waals surface area contributed by atoms with Gasteiger partial charge in [-0.05, 0) is 44.0 Å². The molecule has 2 rings (SSSR count). The van der Waals surface area contributed by atoms with E-state index in [0.29, 0.717) is 8.95 Å². The number of aromatic hydroxyl groups is 1. The molecular weight excluding hydrogens is 430 g/mol. The zero-order valence-corrected chi connectivity index (χ0v) is 14.5. The Hall–Kier alpha value is -1.39. The lowest BCUT2D eigenvalue weighted by molar-refractivity contribution is 0.394. The van der Waals surface area contributed by atoms with E-state index in [1.54, 1.807) is 0 Å². The molecule has 112 valence electrons. The van der Waals surface area contributed by atoms with Gasteiger partial charge in [-0.15, -0.1) is 0 Å². The fourth-order valence-electron chi connectivity index (χ4n) is 1.40. The molecule has 0 radical (unpaired) electrons. The van der Waals surface area contributed by atoms with Crippen LogP contribution in [0, 0.1) is 0 Å². The first-order valence-corrected chi connectivity index (χ1v) is 8.47. The Morgan fingerprint density at radius 1 is 1.24 bits per heavy atom. The highest BCUT2D eigenvalue weighted by molar-refractivity contribution is 9.10. The van der Waals surface area contributed by atoms with E-state index < -0.39 is 10.0 Å². The van der Waals surface area contributed by atoms with Crippen molar-refractivity contribution in [2.24, 2.45) is 0 Å². The molecule has 0 aliphatic carbocycles. The van der Waals surface area contributed by atoms with Crippen LogP contribution in [0.3, 0.4) is 0 Å². The summed E-state index contributed by atoms with van der Waals surface area (Å²) in [6, 6.07) is 2.66. The van der Waals surface area contributed by atoms with Crippen molar-refractivity contribution in [3.63, 3.8) is 0 Å². The second-order valence-corrected chi connectivity index (χ2v) is 7.24. The lowest BCUT2D eigenvalue weighted by atomic mass is 10.4. The smallest absolute Gasteiger partial charge is 0.264 e.